The molecule has 8 nitrogen and oxygen atoms in total. The molecule has 4 rings (SSSR count). The second-order valence-corrected chi connectivity index (χ2v) is 8.64. The topological polar surface area (TPSA) is 88.9 Å². The van der Waals surface area contributed by atoms with Gasteiger partial charge in [-0.2, -0.15) is 0 Å². The van der Waals surface area contributed by atoms with Gasteiger partial charge < -0.3 is 24.6 Å². The fraction of sp³-hybridized carbons (Fsp3) is 0.583. The van der Waals surface area contributed by atoms with E-state index < -0.39 is 0 Å². The zero-order valence-corrected chi connectivity index (χ0v) is 18.8. The highest BCUT2D eigenvalue weighted by Crippen LogP contribution is 2.28. The Labute approximate surface area is 189 Å². The molecule has 0 aliphatic carbocycles. The maximum absolute atomic E-state index is 12.6. The Balaban J connectivity index is 1.27. The summed E-state index contributed by atoms with van der Waals surface area (Å²) < 4.78 is 16.2. The largest absolute Gasteiger partial charge is 0.497 e. The molecule has 2 saturated heterocycles. The summed E-state index contributed by atoms with van der Waals surface area (Å²) in [7, 11) is 1.65. The second-order valence-electron chi connectivity index (χ2n) is 8.64. The van der Waals surface area contributed by atoms with E-state index in [1.165, 1.54) is 0 Å². The van der Waals surface area contributed by atoms with Crippen molar-refractivity contribution in [1.29, 1.82) is 0 Å². The van der Waals surface area contributed by atoms with Gasteiger partial charge in [-0.15, -0.1) is 0 Å². The molecule has 2 aliphatic heterocycles. The van der Waals surface area contributed by atoms with Gasteiger partial charge in [-0.25, -0.2) is 0 Å². The number of nitrogens with one attached hydrogen (secondary N) is 2. The zero-order chi connectivity index (χ0) is 22.2. The molecule has 0 radical (unpaired) electrons. The molecule has 1 amide bonds. The third-order valence-corrected chi connectivity index (χ3v) is 6.47. The number of benzene rings is 1. The van der Waals surface area contributed by atoms with Crippen molar-refractivity contribution >= 4 is 5.91 Å². The van der Waals surface area contributed by atoms with Crippen LogP contribution in [0.25, 0.3) is 11.3 Å². The Kier molecular flexibility index (Phi) is 8.14. The number of carbonyl (C=O) groups excluding carboxylic acids is 1. The van der Waals surface area contributed by atoms with Crippen LogP contribution in [0, 0.1) is 11.8 Å². The van der Waals surface area contributed by atoms with Crippen molar-refractivity contribution in [3.05, 3.63) is 36.0 Å². The summed E-state index contributed by atoms with van der Waals surface area (Å²) in [6.45, 7) is 6.90. The van der Waals surface area contributed by atoms with Crippen LogP contribution in [-0.4, -0.2) is 75.6 Å². The SMILES string of the molecule is COc1ccc(-c2cc(C[C@H]3CNCC[C@H]3CC(=O)NCCN3CCOCC3)no2)cc1. The van der Waals surface area contributed by atoms with E-state index in [1.54, 1.807) is 7.11 Å². The Bertz CT molecular complexity index is 848. The normalized spacial score (nSPS) is 21.9. The predicted molar refractivity (Wildman–Crippen MR) is 122 cm³/mol. The first-order valence-electron chi connectivity index (χ1n) is 11.6. The summed E-state index contributed by atoms with van der Waals surface area (Å²) in [5.41, 5.74) is 1.91. The highest BCUT2D eigenvalue weighted by atomic mass is 16.5. The molecule has 0 spiro atoms. The molecule has 2 fully saturated rings. The Morgan fingerprint density at radius 2 is 2.06 bits per heavy atom. The lowest BCUT2D eigenvalue weighted by Crippen LogP contribution is -2.43. The minimum atomic E-state index is 0.147. The minimum absolute atomic E-state index is 0.147. The lowest BCUT2D eigenvalue weighted by Gasteiger charge is -2.31. The molecule has 0 saturated carbocycles. The van der Waals surface area contributed by atoms with Crippen LogP contribution in [0.15, 0.2) is 34.9 Å². The van der Waals surface area contributed by atoms with Crippen molar-refractivity contribution in [3.8, 4) is 17.1 Å². The number of piperidine rings is 1. The van der Waals surface area contributed by atoms with E-state index in [1.807, 2.05) is 30.3 Å². The quantitative estimate of drug-likeness (QED) is 0.614. The van der Waals surface area contributed by atoms with Gasteiger partial charge in [0.25, 0.3) is 0 Å². The number of ether oxygens (including phenoxy) is 2. The van der Waals surface area contributed by atoms with Crippen molar-refractivity contribution in [3.63, 3.8) is 0 Å². The van der Waals surface area contributed by atoms with Gasteiger partial charge in [-0.1, -0.05) is 5.16 Å². The Hall–Kier alpha value is -2.42. The molecular formula is C24H34N4O4. The molecule has 0 bridgehead atoms. The number of amides is 1. The van der Waals surface area contributed by atoms with Crippen LogP contribution in [0.3, 0.4) is 0 Å². The van der Waals surface area contributed by atoms with Crippen LogP contribution in [0.1, 0.15) is 18.5 Å². The van der Waals surface area contributed by atoms with Crippen molar-refractivity contribution in [2.24, 2.45) is 11.8 Å². The van der Waals surface area contributed by atoms with Crippen LogP contribution < -0.4 is 15.4 Å². The molecule has 2 N–H and O–H groups in total. The van der Waals surface area contributed by atoms with Gasteiger partial charge >= 0.3 is 0 Å². The maximum atomic E-state index is 12.6. The number of carbonyl (C=O) groups is 1. The molecule has 174 valence electrons. The molecule has 32 heavy (non-hydrogen) atoms. The molecule has 3 heterocycles. The van der Waals surface area contributed by atoms with E-state index >= 15 is 0 Å². The lowest BCUT2D eigenvalue weighted by molar-refractivity contribution is -0.122. The van der Waals surface area contributed by atoms with E-state index in [2.05, 4.69) is 20.7 Å². The standard InChI is InChI=1S/C24H34N4O4/c1-30-22-4-2-18(3-5-22)23-16-21(27-32-23)14-20-17-25-7-6-19(20)15-24(29)26-8-9-28-10-12-31-13-11-28/h2-5,16,19-20,25H,6-15,17H2,1H3,(H,26,29)/t19-,20-/m0/s1. The van der Waals surface area contributed by atoms with Crippen molar-refractivity contribution in [2.75, 3.05) is 59.6 Å². The van der Waals surface area contributed by atoms with Crippen molar-refractivity contribution < 1.29 is 18.8 Å². The number of nitrogens with zero attached hydrogens (tertiary/aromatic N) is 2. The van der Waals surface area contributed by atoms with E-state index in [-0.39, 0.29) is 5.91 Å². The predicted octanol–water partition coefficient (Wildman–Crippen LogP) is 1.96. The fourth-order valence-electron chi connectivity index (χ4n) is 4.54. The van der Waals surface area contributed by atoms with E-state index in [9.17, 15) is 4.79 Å². The highest BCUT2D eigenvalue weighted by molar-refractivity contribution is 5.76. The fourth-order valence-corrected chi connectivity index (χ4v) is 4.54. The summed E-state index contributed by atoms with van der Waals surface area (Å²) in [4.78, 5) is 14.9. The van der Waals surface area contributed by atoms with Gasteiger partial charge in [0.1, 0.15) is 5.75 Å². The first-order valence-corrected chi connectivity index (χ1v) is 11.6. The van der Waals surface area contributed by atoms with Gasteiger partial charge in [0.2, 0.25) is 5.91 Å². The summed E-state index contributed by atoms with van der Waals surface area (Å²) in [5, 5.41) is 10.9. The molecule has 1 aromatic heterocycles. The average molecular weight is 443 g/mol. The molecule has 8 heteroatoms. The first-order chi connectivity index (χ1) is 15.7. The van der Waals surface area contributed by atoms with E-state index in [0.717, 1.165) is 81.5 Å². The summed E-state index contributed by atoms with van der Waals surface area (Å²) in [5.74, 6) is 2.43. The van der Waals surface area contributed by atoms with Gasteiger partial charge in [0.15, 0.2) is 5.76 Å². The lowest BCUT2D eigenvalue weighted by atomic mass is 9.81. The second kappa shape index (κ2) is 11.4. The molecule has 2 atom stereocenters. The summed E-state index contributed by atoms with van der Waals surface area (Å²) in [6, 6.07) is 9.77. The number of morpholine rings is 1. The summed E-state index contributed by atoms with van der Waals surface area (Å²) >= 11 is 0. The average Bonchev–Trinajstić information content (AvgIpc) is 3.30. The van der Waals surface area contributed by atoms with E-state index in [0.29, 0.717) is 24.8 Å². The number of rotatable bonds is 9. The third-order valence-electron chi connectivity index (χ3n) is 6.47. The summed E-state index contributed by atoms with van der Waals surface area (Å²) in [6.07, 6.45) is 2.38. The Morgan fingerprint density at radius 3 is 2.84 bits per heavy atom. The maximum Gasteiger partial charge on any atom is 0.220 e. The van der Waals surface area contributed by atoms with Crippen LogP contribution >= 0.6 is 0 Å². The van der Waals surface area contributed by atoms with Gasteiger partial charge in [-0.05, 0) is 62.0 Å². The number of hydrogen-bond donors (Lipinski definition) is 2. The number of aromatic nitrogens is 1. The molecule has 0 unspecified atom stereocenters. The van der Waals surface area contributed by atoms with Gasteiger partial charge in [0, 0.05) is 44.2 Å². The molecular weight excluding hydrogens is 408 g/mol. The van der Waals surface area contributed by atoms with Crippen molar-refractivity contribution in [2.45, 2.75) is 19.3 Å². The smallest absolute Gasteiger partial charge is 0.220 e. The van der Waals surface area contributed by atoms with E-state index in [4.69, 9.17) is 14.0 Å². The van der Waals surface area contributed by atoms with Crippen LogP contribution in [-0.2, 0) is 16.0 Å². The third kappa shape index (κ3) is 6.31. The monoisotopic (exact) mass is 442 g/mol. The minimum Gasteiger partial charge on any atom is -0.497 e. The Morgan fingerprint density at radius 1 is 1.25 bits per heavy atom. The molecule has 1 aromatic carbocycles. The zero-order valence-electron chi connectivity index (χ0n) is 18.8. The number of hydrogen-bond acceptors (Lipinski definition) is 7. The molecule has 2 aliphatic rings. The first kappa shape index (κ1) is 22.8. The van der Waals surface area contributed by atoms with Crippen molar-refractivity contribution in [1.82, 2.24) is 20.7 Å². The highest BCUT2D eigenvalue weighted by Gasteiger charge is 2.28. The number of methoxy groups -OCH3 is 1. The van der Waals surface area contributed by atoms with Gasteiger partial charge in [-0.3, -0.25) is 9.69 Å². The van der Waals surface area contributed by atoms with Crippen LogP contribution in [0.2, 0.25) is 0 Å². The van der Waals surface area contributed by atoms with Crippen LogP contribution in [0.4, 0.5) is 0 Å². The van der Waals surface area contributed by atoms with Crippen LogP contribution in [0.5, 0.6) is 5.75 Å². The molecule has 2 aromatic rings. The van der Waals surface area contributed by atoms with Gasteiger partial charge in [0.05, 0.1) is 26.0 Å².